The van der Waals surface area contributed by atoms with E-state index in [1.54, 1.807) is 38.4 Å². The van der Waals surface area contributed by atoms with Gasteiger partial charge in [-0.3, -0.25) is 9.78 Å². The molecule has 0 bridgehead atoms. The Hall–Kier alpha value is -2.45. The Morgan fingerprint density at radius 3 is 2.57 bits per heavy atom. The zero-order valence-electron chi connectivity index (χ0n) is 17.7. The van der Waals surface area contributed by atoms with Crippen LogP contribution in [-0.2, 0) is 10.0 Å². The molecule has 2 aromatic rings. The summed E-state index contributed by atoms with van der Waals surface area (Å²) in [6, 6.07) is 8.13. The van der Waals surface area contributed by atoms with Crippen LogP contribution in [0.5, 0.6) is 5.75 Å². The van der Waals surface area contributed by atoms with Crippen molar-refractivity contribution in [1.29, 1.82) is 0 Å². The smallest absolute Gasteiger partial charge is 0.254 e. The third-order valence-electron chi connectivity index (χ3n) is 5.20. The maximum absolute atomic E-state index is 13.5. The van der Waals surface area contributed by atoms with Gasteiger partial charge in [0.2, 0.25) is 10.0 Å². The van der Waals surface area contributed by atoms with Gasteiger partial charge in [-0.1, -0.05) is 12.8 Å². The van der Waals surface area contributed by atoms with Crippen molar-refractivity contribution in [2.45, 2.75) is 56.5 Å². The Bertz CT molecular complexity index is 977. The maximum atomic E-state index is 13.5. The molecule has 8 heteroatoms. The van der Waals surface area contributed by atoms with Crippen molar-refractivity contribution in [2.24, 2.45) is 0 Å². The fourth-order valence-corrected chi connectivity index (χ4v) is 5.29. The SMILES string of the molecule is COc1ccc(C(=O)N2CCCCCC2c2ccncc2)cc1S(=O)(=O)NC(C)C. The van der Waals surface area contributed by atoms with Crippen molar-refractivity contribution >= 4 is 15.9 Å². The van der Waals surface area contributed by atoms with E-state index in [0.717, 1.165) is 31.2 Å². The molecule has 1 aliphatic heterocycles. The lowest BCUT2D eigenvalue weighted by Crippen LogP contribution is -2.35. The van der Waals surface area contributed by atoms with Gasteiger partial charge in [0.05, 0.1) is 13.2 Å². The first-order chi connectivity index (χ1) is 14.3. The number of nitrogens with zero attached hydrogens (tertiary/aromatic N) is 2. The predicted molar refractivity (Wildman–Crippen MR) is 115 cm³/mol. The van der Waals surface area contributed by atoms with Crippen LogP contribution in [0.3, 0.4) is 0 Å². The van der Waals surface area contributed by atoms with E-state index < -0.39 is 10.0 Å². The van der Waals surface area contributed by atoms with Crippen LogP contribution in [0.2, 0.25) is 0 Å². The van der Waals surface area contributed by atoms with E-state index >= 15 is 0 Å². The van der Waals surface area contributed by atoms with Gasteiger partial charge in [-0.25, -0.2) is 13.1 Å². The molecule has 0 saturated carbocycles. The number of aromatic nitrogens is 1. The molecule has 3 rings (SSSR count). The molecule has 0 radical (unpaired) electrons. The molecule has 1 amide bonds. The zero-order chi connectivity index (χ0) is 21.7. The molecular weight excluding hydrogens is 402 g/mol. The van der Waals surface area contributed by atoms with Crippen LogP contribution in [0, 0.1) is 0 Å². The first kappa shape index (κ1) is 22.2. The van der Waals surface area contributed by atoms with Crippen molar-refractivity contribution in [3.63, 3.8) is 0 Å². The second-order valence-electron chi connectivity index (χ2n) is 7.79. The van der Waals surface area contributed by atoms with Crippen molar-refractivity contribution < 1.29 is 17.9 Å². The molecule has 1 unspecified atom stereocenters. The minimum atomic E-state index is -3.82. The minimum absolute atomic E-state index is 0.0279. The highest BCUT2D eigenvalue weighted by atomic mass is 32.2. The molecule has 162 valence electrons. The summed E-state index contributed by atoms with van der Waals surface area (Å²) in [5.41, 5.74) is 1.38. The number of hydrogen-bond donors (Lipinski definition) is 1. The first-order valence-corrected chi connectivity index (χ1v) is 11.7. The molecule has 2 heterocycles. The summed E-state index contributed by atoms with van der Waals surface area (Å²) in [7, 11) is -2.40. The third-order valence-corrected chi connectivity index (χ3v) is 6.88. The van der Waals surface area contributed by atoms with E-state index in [1.165, 1.54) is 13.2 Å². The number of likely N-dealkylation sites (tertiary alicyclic amines) is 1. The maximum Gasteiger partial charge on any atom is 0.254 e. The topological polar surface area (TPSA) is 88.6 Å². The van der Waals surface area contributed by atoms with Crippen molar-refractivity contribution in [1.82, 2.24) is 14.6 Å². The molecule has 7 nitrogen and oxygen atoms in total. The minimum Gasteiger partial charge on any atom is -0.495 e. The number of carbonyl (C=O) groups is 1. The van der Waals surface area contributed by atoms with Crippen molar-refractivity contribution in [3.8, 4) is 5.75 Å². The summed E-state index contributed by atoms with van der Waals surface area (Å²) in [5, 5.41) is 0. The number of carbonyl (C=O) groups excluding carboxylic acids is 1. The first-order valence-electron chi connectivity index (χ1n) is 10.2. The lowest BCUT2D eigenvalue weighted by atomic mass is 10.0. The van der Waals surface area contributed by atoms with Crippen LogP contribution >= 0.6 is 0 Å². The summed E-state index contributed by atoms with van der Waals surface area (Å²) < 4.78 is 33.4. The molecule has 1 fully saturated rings. The van der Waals surface area contributed by atoms with Gasteiger partial charge in [-0.2, -0.15) is 0 Å². The number of pyridine rings is 1. The van der Waals surface area contributed by atoms with E-state index in [0.29, 0.717) is 12.1 Å². The number of amides is 1. The molecule has 1 saturated heterocycles. The molecule has 1 aliphatic rings. The Labute approximate surface area is 178 Å². The summed E-state index contributed by atoms with van der Waals surface area (Å²) >= 11 is 0. The van der Waals surface area contributed by atoms with Crippen molar-refractivity contribution in [2.75, 3.05) is 13.7 Å². The molecule has 0 spiro atoms. The summed E-state index contributed by atoms with van der Waals surface area (Å²) in [6.45, 7) is 4.12. The molecule has 1 atom stereocenters. The number of rotatable bonds is 6. The Kier molecular flexibility index (Phi) is 7.10. The number of sulfonamides is 1. The molecule has 1 N–H and O–H groups in total. The average molecular weight is 432 g/mol. The average Bonchev–Trinajstić information content (AvgIpc) is 2.98. The second-order valence-corrected chi connectivity index (χ2v) is 9.47. The highest BCUT2D eigenvalue weighted by molar-refractivity contribution is 7.89. The van der Waals surface area contributed by atoms with E-state index in [-0.39, 0.29) is 28.6 Å². The molecule has 1 aromatic carbocycles. The largest absolute Gasteiger partial charge is 0.495 e. The highest BCUT2D eigenvalue weighted by Crippen LogP contribution is 2.32. The molecule has 1 aromatic heterocycles. The lowest BCUT2D eigenvalue weighted by molar-refractivity contribution is 0.0680. The van der Waals surface area contributed by atoms with Gasteiger partial charge in [0, 0.05) is 30.5 Å². The number of benzene rings is 1. The van der Waals surface area contributed by atoms with E-state index in [1.807, 2.05) is 17.0 Å². The Balaban J connectivity index is 1.99. The Morgan fingerprint density at radius 2 is 1.90 bits per heavy atom. The van der Waals surface area contributed by atoms with E-state index in [2.05, 4.69) is 9.71 Å². The van der Waals surface area contributed by atoms with Crippen LogP contribution in [0.4, 0.5) is 0 Å². The molecular formula is C22H29N3O4S. The number of methoxy groups -OCH3 is 1. The fourth-order valence-electron chi connectivity index (χ4n) is 3.84. The van der Waals surface area contributed by atoms with Gasteiger partial charge in [0.15, 0.2) is 0 Å². The lowest BCUT2D eigenvalue weighted by Gasteiger charge is -2.30. The highest BCUT2D eigenvalue weighted by Gasteiger charge is 2.29. The quantitative estimate of drug-likeness (QED) is 0.756. The van der Waals surface area contributed by atoms with Crippen LogP contribution in [0.25, 0.3) is 0 Å². The standard InChI is InChI=1S/C22H29N3O4S/c1-16(2)24-30(27,28)21-15-18(8-9-20(21)29-3)22(26)25-14-6-4-5-7-19(25)17-10-12-23-13-11-17/h8-13,15-16,19,24H,4-7,14H2,1-3H3. The molecule has 30 heavy (non-hydrogen) atoms. The van der Waals surface area contributed by atoms with E-state index in [4.69, 9.17) is 4.74 Å². The number of ether oxygens (including phenoxy) is 1. The third kappa shape index (κ3) is 4.99. The van der Waals surface area contributed by atoms with Crippen LogP contribution in [0.1, 0.15) is 61.5 Å². The molecule has 0 aliphatic carbocycles. The van der Waals surface area contributed by atoms with Gasteiger partial charge in [0.1, 0.15) is 10.6 Å². The van der Waals surface area contributed by atoms with Crippen molar-refractivity contribution in [3.05, 3.63) is 53.9 Å². The van der Waals surface area contributed by atoms with Gasteiger partial charge in [-0.05, 0) is 62.6 Å². The van der Waals surface area contributed by atoms with Gasteiger partial charge < -0.3 is 9.64 Å². The predicted octanol–water partition coefficient (Wildman–Crippen LogP) is 3.53. The van der Waals surface area contributed by atoms with Gasteiger partial charge in [-0.15, -0.1) is 0 Å². The van der Waals surface area contributed by atoms with Gasteiger partial charge >= 0.3 is 0 Å². The van der Waals surface area contributed by atoms with Crippen LogP contribution < -0.4 is 9.46 Å². The summed E-state index contributed by atoms with van der Waals surface area (Å²) in [6.07, 6.45) is 7.36. The second kappa shape index (κ2) is 9.57. The fraction of sp³-hybridized carbons (Fsp3) is 0.455. The number of hydrogen-bond acceptors (Lipinski definition) is 5. The van der Waals surface area contributed by atoms with Gasteiger partial charge in [0.25, 0.3) is 5.91 Å². The van der Waals surface area contributed by atoms with E-state index in [9.17, 15) is 13.2 Å². The Morgan fingerprint density at radius 1 is 1.17 bits per heavy atom. The zero-order valence-corrected chi connectivity index (χ0v) is 18.5. The normalized spacial score (nSPS) is 17.6. The summed E-state index contributed by atoms with van der Waals surface area (Å²) in [4.78, 5) is 19.4. The monoisotopic (exact) mass is 431 g/mol. The number of nitrogens with one attached hydrogen (secondary N) is 1. The van der Waals surface area contributed by atoms with Crippen LogP contribution in [-0.4, -0.2) is 43.9 Å². The van der Waals surface area contributed by atoms with Crippen LogP contribution in [0.15, 0.2) is 47.6 Å². The summed E-state index contributed by atoms with van der Waals surface area (Å²) in [5.74, 6) is 0.0311.